The molecule has 2 nitrogen and oxygen atoms in total. The Kier molecular flexibility index (Phi) is 4.08. The highest BCUT2D eigenvalue weighted by Gasteiger charge is 2.16. The van der Waals surface area contributed by atoms with Gasteiger partial charge in [0.1, 0.15) is 17.5 Å². The fraction of sp³-hybridized carbons (Fsp3) is 0.133. The number of hydrogen-bond acceptors (Lipinski definition) is 2. The summed E-state index contributed by atoms with van der Waals surface area (Å²) in [6.45, 7) is -0.205. The SMILES string of the molecule is CN(CC(=O)c1ccc(F)cc1F)c1ccccc1F. The van der Waals surface area contributed by atoms with E-state index in [4.69, 9.17) is 0 Å². The Morgan fingerprint density at radius 2 is 1.75 bits per heavy atom. The number of hydrogen-bond donors (Lipinski definition) is 0. The zero-order chi connectivity index (χ0) is 14.7. The molecule has 20 heavy (non-hydrogen) atoms. The monoisotopic (exact) mass is 279 g/mol. The highest BCUT2D eigenvalue weighted by molar-refractivity contribution is 5.99. The Bertz CT molecular complexity index is 643. The van der Waals surface area contributed by atoms with E-state index in [-0.39, 0.29) is 17.8 Å². The van der Waals surface area contributed by atoms with Gasteiger partial charge in [-0.1, -0.05) is 12.1 Å². The van der Waals surface area contributed by atoms with Gasteiger partial charge < -0.3 is 4.90 Å². The van der Waals surface area contributed by atoms with Crippen LogP contribution in [0.3, 0.4) is 0 Å². The molecule has 0 aliphatic carbocycles. The first-order chi connectivity index (χ1) is 9.49. The van der Waals surface area contributed by atoms with Crippen molar-refractivity contribution < 1.29 is 18.0 Å². The third-order valence-electron chi connectivity index (χ3n) is 2.88. The molecule has 0 spiro atoms. The molecule has 2 aromatic rings. The largest absolute Gasteiger partial charge is 0.365 e. The number of Topliss-reactive ketones (excluding diaryl/α,β-unsaturated/α-hetero) is 1. The normalized spacial score (nSPS) is 10.4. The van der Waals surface area contributed by atoms with Gasteiger partial charge in [-0.15, -0.1) is 0 Å². The Morgan fingerprint density at radius 1 is 1.05 bits per heavy atom. The standard InChI is InChI=1S/C15H12F3NO/c1-19(14-5-3-2-4-12(14)17)9-15(20)11-7-6-10(16)8-13(11)18/h2-8H,9H2,1H3. The fourth-order valence-corrected chi connectivity index (χ4v) is 1.86. The number of halogens is 3. The van der Waals surface area contributed by atoms with Crippen LogP contribution >= 0.6 is 0 Å². The fourth-order valence-electron chi connectivity index (χ4n) is 1.86. The van der Waals surface area contributed by atoms with Crippen molar-refractivity contribution in [1.29, 1.82) is 0 Å². The van der Waals surface area contributed by atoms with Gasteiger partial charge in [-0.2, -0.15) is 0 Å². The third kappa shape index (κ3) is 2.99. The number of anilines is 1. The van der Waals surface area contributed by atoms with Gasteiger partial charge in [-0.3, -0.25) is 4.79 Å². The zero-order valence-corrected chi connectivity index (χ0v) is 10.7. The van der Waals surface area contributed by atoms with Crippen LogP contribution in [0, 0.1) is 17.5 Å². The van der Waals surface area contributed by atoms with E-state index in [1.165, 1.54) is 30.1 Å². The van der Waals surface area contributed by atoms with Gasteiger partial charge in [0, 0.05) is 13.1 Å². The molecule has 0 amide bonds. The number of rotatable bonds is 4. The molecule has 0 aliphatic heterocycles. The number of nitrogens with zero attached hydrogens (tertiary/aromatic N) is 1. The average molecular weight is 279 g/mol. The minimum absolute atomic E-state index is 0.205. The van der Waals surface area contributed by atoms with Crippen LogP contribution in [0.2, 0.25) is 0 Å². The van der Waals surface area contributed by atoms with Gasteiger partial charge in [0.05, 0.1) is 17.8 Å². The van der Waals surface area contributed by atoms with E-state index >= 15 is 0 Å². The molecule has 0 N–H and O–H groups in total. The van der Waals surface area contributed by atoms with Crippen LogP contribution in [0.5, 0.6) is 0 Å². The Hall–Kier alpha value is -2.30. The van der Waals surface area contributed by atoms with Gasteiger partial charge >= 0.3 is 0 Å². The van der Waals surface area contributed by atoms with Crippen molar-refractivity contribution in [3.05, 3.63) is 65.5 Å². The van der Waals surface area contributed by atoms with Crippen LogP contribution in [0.15, 0.2) is 42.5 Å². The topological polar surface area (TPSA) is 20.3 Å². The number of ketones is 1. The molecule has 0 aliphatic rings. The highest BCUT2D eigenvalue weighted by Crippen LogP contribution is 2.18. The molecule has 0 saturated carbocycles. The minimum Gasteiger partial charge on any atom is -0.365 e. The van der Waals surface area contributed by atoms with Crippen molar-refractivity contribution in [2.24, 2.45) is 0 Å². The van der Waals surface area contributed by atoms with E-state index in [2.05, 4.69) is 0 Å². The zero-order valence-electron chi connectivity index (χ0n) is 10.7. The van der Waals surface area contributed by atoms with Crippen LogP contribution in [0.1, 0.15) is 10.4 Å². The van der Waals surface area contributed by atoms with E-state index in [9.17, 15) is 18.0 Å². The second-order valence-corrected chi connectivity index (χ2v) is 4.35. The molecule has 0 aromatic heterocycles. The molecule has 0 unspecified atom stereocenters. The molecule has 2 aromatic carbocycles. The molecule has 0 radical (unpaired) electrons. The summed E-state index contributed by atoms with van der Waals surface area (Å²) in [5.74, 6) is -2.69. The average Bonchev–Trinajstić information content (AvgIpc) is 2.38. The summed E-state index contributed by atoms with van der Waals surface area (Å²) in [4.78, 5) is 13.3. The van der Waals surface area contributed by atoms with E-state index in [0.29, 0.717) is 6.07 Å². The maximum atomic E-state index is 13.5. The lowest BCUT2D eigenvalue weighted by atomic mass is 10.1. The smallest absolute Gasteiger partial charge is 0.185 e. The maximum absolute atomic E-state index is 13.5. The summed E-state index contributed by atoms with van der Waals surface area (Å²) < 4.78 is 39.8. The van der Waals surface area contributed by atoms with E-state index in [1.54, 1.807) is 6.07 Å². The minimum atomic E-state index is -0.920. The van der Waals surface area contributed by atoms with Gasteiger partial charge in [0.15, 0.2) is 5.78 Å². The lowest BCUT2D eigenvalue weighted by Crippen LogP contribution is -2.27. The van der Waals surface area contributed by atoms with Crippen molar-refractivity contribution >= 4 is 11.5 Å². The second kappa shape index (κ2) is 5.77. The molecular weight excluding hydrogens is 267 g/mol. The molecule has 104 valence electrons. The number of likely N-dealkylation sites (N-methyl/N-ethyl adjacent to an activating group) is 1. The molecule has 2 rings (SSSR count). The van der Waals surface area contributed by atoms with E-state index in [1.807, 2.05) is 0 Å². The molecule has 0 fully saturated rings. The summed E-state index contributed by atoms with van der Waals surface area (Å²) in [5, 5.41) is 0. The Balaban J connectivity index is 2.17. The van der Waals surface area contributed by atoms with Crippen molar-refractivity contribution in [2.75, 3.05) is 18.5 Å². The first-order valence-electron chi connectivity index (χ1n) is 5.93. The predicted molar refractivity (Wildman–Crippen MR) is 70.4 cm³/mol. The molecular formula is C15H12F3NO. The van der Waals surface area contributed by atoms with Crippen molar-refractivity contribution in [2.45, 2.75) is 0 Å². The van der Waals surface area contributed by atoms with Gasteiger partial charge in [0.25, 0.3) is 0 Å². The van der Waals surface area contributed by atoms with Gasteiger partial charge in [-0.05, 0) is 24.3 Å². The Labute approximate surface area is 114 Å². The molecule has 0 heterocycles. The molecule has 0 saturated heterocycles. The van der Waals surface area contributed by atoms with Crippen LogP contribution in [0.25, 0.3) is 0 Å². The van der Waals surface area contributed by atoms with Crippen LogP contribution in [0.4, 0.5) is 18.9 Å². The lowest BCUT2D eigenvalue weighted by Gasteiger charge is -2.19. The number of carbonyl (C=O) groups excluding carboxylic acids is 1. The summed E-state index contributed by atoms with van der Waals surface area (Å²) in [6.07, 6.45) is 0. The summed E-state index contributed by atoms with van der Waals surface area (Å²) >= 11 is 0. The quantitative estimate of drug-likeness (QED) is 0.799. The first kappa shape index (κ1) is 14.1. The number of benzene rings is 2. The molecule has 0 bridgehead atoms. The Morgan fingerprint density at radius 3 is 2.40 bits per heavy atom. The number of carbonyl (C=O) groups is 1. The van der Waals surface area contributed by atoms with Crippen molar-refractivity contribution in [3.8, 4) is 0 Å². The third-order valence-corrected chi connectivity index (χ3v) is 2.88. The van der Waals surface area contributed by atoms with E-state index < -0.39 is 23.2 Å². The summed E-state index contributed by atoms with van der Waals surface area (Å²) in [7, 11) is 1.53. The summed E-state index contributed by atoms with van der Waals surface area (Å²) in [6, 6.07) is 8.71. The van der Waals surface area contributed by atoms with E-state index in [0.717, 1.165) is 12.1 Å². The summed E-state index contributed by atoms with van der Waals surface area (Å²) in [5.41, 5.74) is 0.0259. The van der Waals surface area contributed by atoms with Gasteiger partial charge in [-0.25, -0.2) is 13.2 Å². The van der Waals surface area contributed by atoms with Gasteiger partial charge in [0.2, 0.25) is 0 Å². The van der Waals surface area contributed by atoms with Crippen molar-refractivity contribution in [1.82, 2.24) is 0 Å². The van der Waals surface area contributed by atoms with Crippen LogP contribution in [-0.4, -0.2) is 19.4 Å². The van der Waals surface area contributed by atoms with Crippen LogP contribution < -0.4 is 4.90 Å². The predicted octanol–water partition coefficient (Wildman–Crippen LogP) is 3.42. The highest BCUT2D eigenvalue weighted by atomic mass is 19.1. The molecule has 5 heteroatoms. The first-order valence-corrected chi connectivity index (χ1v) is 5.93. The second-order valence-electron chi connectivity index (χ2n) is 4.35. The molecule has 0 atom stereocenters. The van der Waals surface area contributed by atoms with Crippen molar-refractivity contribution in [3.63, 3.8) is 0 Å². The lowest BCUT2D eigenvalue weighted by molar-refractivity contribution is 0.0996. The van der Waals surface area contributed by atoms with Crippen LogP contribution in [-0.2, 0) is 0 Å². The maximum Gasteiger partial charge on any atom is 0.185 e. The number of para-hydroxylation sites is 1.